The predicted octanol–water partition coefficient (Wildman–Crippen LogP) is 2.68. The van der Waals surface area contributed by atoms with E-state index in [4.69, 9.17) is 9.47 Å². The summed E-state index contributed by atoms with van der Waals surface area (Å²) in [5.41, 5.74) is 1.25. The number of piperidine rings is 1. The Kier molecular flexibility index (Phi) is 5.51. The summed E-state index contributed by atoms with van der Waals surface area (Å²) >= 11 is 0. The molecule has 23 heavy (non-hydrogen) atoms. The molecule has 0 aliphatic carbocycles. The second kappa shape index (κ2) is 7.79. The van der Waals surface area contributed by atoms with Gasteiger partial charge in [0.25, 0.3) is 0 Å². The van der Waals surface area contributed by atoms with E-state index in [2.05, 4.69) is 29.2 Å². The van der Waals surface area contributed by atoms with E-state index in [-0.39, 0.29) is 12.2 Å². The van der Waals surface area contributed by atoms with E-state index in [9.17, 15) is 4.79 Å². The smallest absolute Gasteiger partial charge is 0.409 e. The molecule has 2 aliphatic heterocycles. The average Bonchev–Trinajstić information content (AvgIpc) is 2.63. The van der Waals surface area contributed by atoms with Crippen molar-refractivity contribution in [2.24, 2.45) is 0 Å². The standard InChI is InChI=1S/C18H26N2O3/c1-2-22-18(21)19-10-8-16(9-11-19)20-12-13-23-17(14-20)15-6-4-3-5-7-15/h3-7,16-17H,2,8-14H2,1H3. The molecule has 126 valence electrons. The lowest BCUT2D eigenvalue weighted by Gasteiger charge is -2.42. The lowest BCUT2D eigenvalue weighted by Crippen LogP contribution is -2.50. The molecule has 1 atom stereocenters. The Bertz CT molecular complexity index is 500. The van der Waals surface area contributed by atoms with Gasteiger partial charge in [0.1, 0.15) is 0 Å². The van der Waals surface area contributed by atoms with Crippen molar-refractivity contribution in [3.63, 3.8) is 0 Å². The summed E-state index contributed by atoms with van der Waals surface area (Å²) in [5.74, 6) is 0. The Hall–Kier alpha value is -1.59. The molecular formula is C18H26N2O3. The molecule has 0 N–H and O–H groups in total. The maximum Gasteiger partial charge on any atom is 0.409 e. The van der Waals surface area contributed by atoms with Crippen LogP contribution >= 0.6 is 0 Å². The van der Waals surface area contributed by atoms with Gasteiger partial charge in [-0.1, -0.05) is 30.3 Å². The topological polar surface area (TPSA) is 42.0 Å². The van der Waals surface area contributed by atoms with Gasteiger partial charge in [-0.2, -0.15) is 0 Å². The van der Waals surface area contributed by atoms with Gasteiger partial charge in [0.2, 0.25) is 0 Å². The fourth-order valence-corrected chi connectivity index (χ4v) is 3.50. The van der Waals surface area contributed by atoms with Crippen molar-refractivity contribution in [2.45, 2.75) is 31.9 Å². The van der Waals surface area contributed by atoms with Crippen molar-refractivity contribution in [2.75, 3.05) is 39.4 Å². The van der Waals surface area contributed by atoms with Gasteiger partial charge in [-0.3, -0.25) is 4.90 Å². The van der Waals surface area contributed by atoms with Crippen LogP contribution < -0.4 is 0 Å². The number of likely N-dealkylation sites (tertiary alicyclic amines) is 1. The Morgan fingerprint density at radius 3 is 2.65 bits per heavy atom. The van der Waals surface area contributed by atoms with Crippen molar-refractivity contribution in [3.05, 3.63) is 35.9 Å². The number of carbonyl (C=O) groups excluding carboxylic acids is 1. The highest BCUT2D eigenvalue weighted by Gasteiger charge is 2.31. The van der Waals surface area contributed by atoms with Gasteiger partial charge in [0.05, 0.1) is 19.3 Å². The number of hydrogen-bond donors (Lipinski definition) is 0. The maximum atomic E-state index is 11.8. The van der Waals surface area contributed by atoms with Gasteiger partial charge >= 0.3 is 6.09 Å². The molecule has 0 saturated carbocycles. The lowest BCUT2D eigenvalue weighted by atomic mass is 10.0. The van der Waals surface area contributed by atoms with E-state index >= 15 is 0 Å². The highest BCUT2D eigenvalue weighted by atomic mass is 16.6. The minimum atomic E-state index is -0.171. The molecule has 0 aromatic heterocycles. The zero-order chi connectivity index (χ0) is 16.1. The molecule has 2 fully saturated rings. The minimum absolute atomic E-state index is 0.160. The largest absolute Gasteiger partial charge is 0.450 e. The van der Waals surface area contributed by atoms with Crippen LogP contribution in [0.4, 0.5) is 4.79 Å². The zero-order valence-corrected chi connectivity index (χ0v) is 13.8. The van der Waals surface area contributed by atoms with E-state index in [1.165, 1.54) is 5.56 Å². The molecule has 2 heterocycles. The zero-order valence-electron chi connectivity index (χ0n) is 13.8. The molecule has 5 heteroatoms. The van der Waals surface area contributed by atoms with E-state index in [1.807, 2.05) is 17.9 Å². The summed E-state index contributed by atoms with van der Waals surface area (Å²) in [6.45, 7) is 6.57. The molecule has 0 spiro atoms. The normalized spacial score (nSPS) is 23.7. The molecule has 5 nitrogen and oxygen atoms in total. The van der Waals surface area contributed by atoms with Crippen LogP contribution in [-0.2, 0) is 9.47 Å². The second-order valence-corrected chi connectivity index (χ2v) is 6.18. The van der Waals surface area contributed by atoms with Gasteiger partial charge in [-0.25, -0.2) is 4.79 Å². The van der Waals surface area contributed by atoms with Crippen LogP contribution in [0, 0.1) is 0 Å². The Morgan fingerprint density at radius 1 is 1.22 bits per heavy atom. The highest BCUT2D eigenvalue weighted by molar-refractivity contribution is 5.67. The number of amides is 1. The molecule has 1 aromatic carbocycles. The van der Waals surface area contributed by atoms with Crippen LogP contribution in [0.1, 0.15) is 31.4 Å². The van der Waals surface area contributed by atoms with Crippen molar-refractivity contribution in [3.8, 4) is 0 Å². The van der Waals surface area contributed by atoms with Crippen LogP contribution in [0.5, 0.6) is 0 Å². The summed E-state index contributed by atoms with van der Waals surface area (Å²) in [5, 5.41) is 0. The Morgan fingerprint density at radius 2 is 1.96 bits per heavy atom. The first-order valence-corrected chi connectivity index (χ1v) is 8.60. The average molecular weight is 318 g/mol. The number of hydrogen-bond acceptors (Lipinski definition) is 4. The van der Waals surface area contributed by atoms with Gasteiger partial charge in [0.15, 0.2) is 0 Å². The number of benzene rings is 1. The molecule has 2 saturated heterocycles. The van der Waals surface area contributed by atoms with E-state index < -0.39 is 0 Å². The fraction of sp³-hybridized carbons (Fsp3) is 0.611. The SMILES string of the molecule is CCOC(=O)N1CCC(N2CCOC(c3ccccc3)C2)CC1. The van der Waals surface area contributed by atoms with E-state index in [0.29, 0.717) is 12.6 Å². The summed E-state index contributed by atoms with van der Waals surface area (Å²) in [6, 6.07) is 11.0. The first-order chi connectivity index (χ1) is 11.3. The lowest BCUT2D eigenvalue weighted by molar-refractivity contribution is -0.0530. The Labute approximate surface area is 138 Å². The van der Waals surface area contributed by atoms with Gasteiger partial charge in [-0.05, 0) is 25.3 Å². The number of ether oxygens (including phenoxy) is 2. The van der Waals surface area contributed by atoms with E-state index in [0.717, 1.165) is 45.6 Å². The first-order valence-electron chi connectivity index (χ1n) is 8.60. The first kappa shape index (κ1) is 16.3. The summed E-state index contributed by atoms with van der Waals surface area (Å²) in [7, 11) is 0. The molecule has 1 aromatic rings. The minimum Gasteiger partial charge on any atom is -0.450 e. The summed E-state index contributed by atoms with van der Waals surface area (Å²) < 4.78 is 11.0. The van der Waals surface area contributed by atoms with Crippen LogP contribution in [0.3, 0.4) is 0 Å². The summed E-state index contributed by atoms with van der Waals surface area (Å²) in [6.07, 6.45) is 2.02. The van der Waals surface area contributed by atoms with E-state index in [1.54, 1.807) is 0 Å². The molecular weight excluding hydrogens is 292 g/mol. The third-order valence-electron chi connectivity index (χ3n) is 4.78. The van der Waals surface area contributed by atoms with Crippen LogP contribution in [-0.4, -0.2) is 61.3 Å². The van der Waals surface area contributed by atoms with Gasteiger partial charge < -0.3 is 14.4 Å². The molecule has 0 bridgehead atoms. The quantitative estimate of drug-likeness (QED) is 0.859. The van der Waals surface area contributed by atoms with Crippen molar-refractivity contribution in [1.29, 1.82) is 0 Å². The molecule has 3 rings (SSSR count). The highest BCUT2D eigenvalue weighted by Crippen LogP contribution is 2.26. The van der Waals surface area contributed by atoms with Crippen molar-refractivity contribution < 1.29 is 14.3 Å². The van der Waals surface area contributed by atoms with Crippen molar-refractivity contribution in [1.82, 2.24) is 9.80 Å². The molecule has 0 radical (unpaired) electrons. The molecule has 1 unspecified atom stereocenters. The van der Waals surface area contributed by atoms with Gasteiger partial charge in [-0.15, -0.1) is 0 Å². The number of rotatable bonds is 3. The number of nitrogens with zero attached hydrogens (tertiary/aromatic N) is 2. The third kappa shape index (κ3) is 4.03. The van der Waals surface area contributed by atoms with Crippen LogP contribution in [0.15, 0.2) is 30.3 Å². The van der Waals surface area contributed by atoms with Crippen LogP contribution in [0.25, 0.3) is 0 Å². The number of carbonyl (C=O) groups is 1. The maximum absolute atomic E-state index is 11.8. The number of morpholine rings is 1. The fourth-order valence-electron chi connectivity index (χ4n) is 3.50. The van der Waals surface area contributed by atoms with Gasteiger partial charge in [0, 0.05) is 32.2 Å². The summed E-state index contributed by atoms with van der Waals surface area (Å²) in [4.78, 5) is 16.1. The second-order valence-electron chi connectivity index (χ2n) is 6.18. The Balaban J connectivity index is 1.53. The van der Waals surface area contributed by atoms with Crippen molar-refractivity contribution >= 4 is 6.09 Å². The monoisotopic (exact) mass is 318 g/mol. The molecule has 1 amide bonds. The third-order valence-corrected chi connectivity index (χ3v) is 4.78. The van der Waals surface area contributed by atoms with Crippen LogP contribution in [0.2, 0.25) is 0 Å². The molecule has 2 aliphatic rings. The predicted molar refractivity (Wildman–Crippen MR) is 88.3 cm³/mol.